The van der Waals surface area contributed by atoms with Crippen LogP contribution < -0.4 is 21.6 Å². The molecule has 0 spiro atoms. The molecule has 4 N–H and O–H groups in total. The maximum atomic E-state index is 14.0. The maximum absolute atomic E-state index is 14.0. The molecule has 0 saturated heterocycles. The Morgan fingerprint density at radius 3 is 2.49 bits per heavy atom. The first kappa shape index (κ1) is 30.0. The van der Waals surface area contributed by atoms with Crippen LogP contribution in [0.25, 0.3) is 21.8 Å². The molecule has 6 rings (SSSR count). The van der Waals surface area contributed by atoms with Crippen molar-refractivity contribution in [2.75, 3.05) is 17.2 Å². The predicted molar refractivity (Wildman–Crippen MR) is 166 cm³/mol. The van der Waals surface area contributed by atoms with E-state index >= 15 is 0 Å². The number of aryl methyl sites for hydroxylation is 1. The molecule has 1 aliphatic carbocycles. The molecular formula is C33H32F3N9. The molecule has 45 heavy (non-hydrogen) atoms. The van der Waals surface area contributed by atoms with Gasteiger partial charge in [-0.15, -0.1) is 5.53 Å². The molecule has 230 valence electrons. The van der Waals surface area contributed by atoms with E-state index in [2.05, 4.69) is 64.5 Å². The molecule has 9 nitrogen and oxygen atoms in total. The first-order valence-electron chi connectivity index (χ1n) is 14.6. The highest BCUT2D eigenvalue weighted by atomic mass is 19.4. The van der Waals surface area contributed by atoms with E-state index in [9.17, 15) is 23.7 Å². The van der Waals surface area contributed by atoms with Gasteiger partial charge in [-0.3, -0.25) is 15.0 Å². The fourth-order valence-corrected chi connectivity index (χ4v) is 5.72. The molecule has 3 heterocycles. The number of hydrazine groups is 2. The predicted octanol–water partition coefficient (Wildman–Crippen LogP) is 6.71. The molecule has 2 aromatic heterocycles. The van der Waals surface area contributed by atoms with Crippen molar-refractivity contribution in [3.63, 3.8) is 0 Å². The number of nitrogens with one attached hydrogen (secondary N) is 4. The largest absolute Gasteiger partial charge is 0.413 e. The molecule has 1 fully saturated rings. The van der Waals surface area contributed by atoms with Crippen LogP contribution in [0.5, 0.6) is 0 Å². The van der Waals surface area contributed by atoms with Crippen LogP contribution in [0.4, 0.5) is 24.5 Å². The molecule has 0 unspecified atom stereocenters. The molecular weight excluding hydrogens is 579 g/mol. The zero-order valence-corrected chi connectivity index (χ0v) is 25.3. The van der Waals surface area contributed by atoms with Gasteiger partial charge < -0.3 is 16.1 Å². The molecule has 1 aliphatic heterocycles. The van der Waals surface area contributed by atoms with Crippen molar-refractivity contribution in [3.05, 3.63) is 82.9 Å². The highest BCUT2D eigenvalue weighted by molar-refractivity contribution is 5.99. The summed E-state index contributed by atoms with van der Waals surface area (Å²) in [6.07, 6.45) is 0.185. The van der Waals surface area contributed by atoms with E-state index < -0.39 is 17.8 Å². The number of fused-ring (bicyclic) bond motifs is 2. The van der Waals surface area contributed by atoms with Gasteiger partial charge in [0.05, 0.1) is 39.6 Å². The molecule has 1 saturated carbocycles. The van der Waals surface area contributed by atoms with Gasteiger partial charge in [-0.1, -0.05) is 32.9 Å². The van der Waals surface area contributed by atoms with Crippen LogP contribution in [-0.4, -0.2) is 33.2 Å². The molecule has 4 aromatic rings. The van der Waals surface area contributed by atoms with E-state index in [1.54, 1.807) is 12.3 Å². The first-order chi connectivity index (χ1) is 21.3. The SMILES string of the molecule is Cc1ccnc2cccc([C@H](Nc3cc(C#N)c4ncc(C#N)c(NCC(C)(C)C)c4c3)C3=CN(C4(C(F)(F)F)CC4)NN3)c12. The lowest BCUT2D eigenvalue weighted by Crippen LogP contribution is -2.52. The molecule has 2 aliphatic rings. The minimum absolute atomic E-state index is 0.0148. The minimum atomic E-state index is -4.42. The Morgan fingerprint density at radius 1 is 1.07 bits per heavy atom. The van der Waals surface area contributed by atoms with E-state index in [1.165, 1.54) is 12.4 Å². The zero-order chi connectivity index (χ0) is 32.1. The van der Waals surface area contributed by atoms with Gasteiger partial charge in [-0.2, -0.15) is 23.7 Å². The van der Waals surface area contributed by atoms with Crippen molar-refractivity contribution in [2.45, 2.75) is 58.3 Å². The summed E-state index contributed by atoms with van der Waals surface area (Å²) >= 11 is 0. The third-order valence-corrected chi connectivity index (χ3v) is 8.25. The third kappa shape index (κ3) is 5.42. The normalized spacial score (nSPS) is 16.5. The summed E-state index contributed by atoms with van der Waals surface area (Å²) in [5.74, 6) is 0. The number of pyridine rings is 2. The molecule has 0 radical (unpaired) electrons. The van der Waals surface area contributed by atoms with Gasteiger partial charge in [0.15, 0.2) is 5.54 Å². The molecule has 1 atom stereocenters. The van der Waals surface area contributed by atoms with Crippen molar-refractivity contribution in [3.8, 4) is 12.1 Å². The second kappa shape index (κ2) is 10.8. The van der Waals surface area contributed by atoms with Gasteiger partial charge in [0, 0.05) is 41.6 Å². The number of hydrogen-bond acceptors (Lipinski definition) is 9. The van der Waals surface area contributed by atoms with Crippen LogP contribution in [0, 0.1) is 35.0 Å². The van der Waals surface area contributed by atoms with Crippen LogP contribution >= 0.6 is 0 Å². The number of alkyl halides is 3. The van der Waals surface area contributed by atoms with E-state index in [4.69, 9.17) is 0 Å². The number of anilines is 2. The standard InChI is InChI=1S/C33H32F3N9/c1-19-8-11-39-25-7-5-6-23(27(19)25)30(26-17-45(44-43-26)32(9-10-32)33(34,35)36)42-22-12-20(14-37)28-24(13-22)29(21(15-38)16-40-28)41-18-31(2,3)4/h5-8,11-13,16-17,30,42-44H,9-10,18H2,1-4H3,(H,40,41)/t30-/m0/s1. The van der Waals surface area contributed by atoms with Gasteiger partial charge in [-0.25, -0.2) is 0 Å². The average Bonchev–Trinajstić information content (AvgIpc) is 3.69. The van der Waals surface area contributed by atoms with Gasteiger partial charge >= 0.3 is 6.18 Å². The number of aromatic nitrogens is 2. The lowest BCUT2D eigenvalue weighted by atomic mass is 9.95. The fourth-order valence-electron chi connectivity index (χ4n) is 5.72. The van der Waals surface area contributed by atoms with Crippen LogP contribution in [0.2, 0.25) is 0 Å². The van der Waals surface area contributed by atoms with Gasteiger partial charge in [0.2, 0.25) is 0 Å². The summed E-state index contributed by atoms with van der Waals surface area (Å²) < 4.78 is 42.1. The maximum Gasteiger partial charge on any atom is 0.413 e. The summed E-state index contributed by atoms with van der Waals surface area (Å²) in [5, 5.41) is 29.4. The summed E-state index contributed by atoms with van der Waals surface area (Å²) in [6.45, 7) is 8.72. The first-order valence-corrected chi connectivity index (χ1v) is 14.6. The van der Waals surface area contributed by atoms with Crippen molar-refractivity contribution in [1.82, 2.24) is 25.9 Å². The van der Waals surface area contributed by atoms with Crippen LogP contribution in [0.1, 0.15) is 61.9 Å². The van der Waals surface area contributed by atoms with Crippen LogP contribution in [0.15, 0.2) is 60.7 Å². The molecule has 0 bridgehead atoms. The minimum Gasteiger partial charge on any atom is -0.383 e. The Labute approximate surface area is 258 Å². The highest BCUT2D eigenvalue weighted by Gasteiger charge is 2.67. The van der Waals surface area contributed by atoms with E-state index in [0.717, 1.165) is 27.0 Å². The number of hydrogen-bond donors (Lipinski definition) is 4. The van der Waals surface area contributed by atoms with Crippen molar-refractivity contribution in [1.29, 1.82) is 10.5 Å². The Bertz CT molecular complexity index is 1920. The summed E-state index contributed by atoms with van der Waals surface area (Å²) in [7, 11) is 0. The number of benzene rings is 2. The van der Waals surface area contributed by atoms with E-state index in [1.807, 2.05) is 37.3 Å². The van der Waals surface area contributed by atoms with Gasteiger partial charge in [-0.05, 0) is 60.6 Å². The molecule has 12 heteroatoms. The van der Waals surface area contributed by atoms with Crippen molar-refractivity contribution < 1.29 is 13.2 Å². The Morgan fingerprint density at radius 2 is 1.82 bits per heavy atom. The summed E-state index contributed by atoms with van der Waals surface area (Å²) in [5.41, 5.74) is 8.70. The molecule has 0 amide bonds. The fraction of sp³-hybridized carbons (Fsp3) is 0.333. The quantitative estimate of drug-likeness (QED) is 0.181. The highest BCUT2D eigenvalue weighted by Crippen LogP contribution is 2.54. The zero-order valence-electron chi connectivity index (χ0n) is 25.3. The summed E-state index contributed by atoms with van der Waals surface area (Å²) in [6, 6.07) is 14.8. The number of nitriles is 2. The lowest BCUT2D eigenvalue weighted by Gasteiger charge is -2.28. The lowest BCUT2D eigenvalue weighted by molar-refractivity contribution is -0.195. The van der Waals surface area contributed by atoms with E-state index in [0.29, 0.717) is 40.1 Å². The smallest absolute Gasteiger partial charge is 0.383 e. The third-order valence-electron chi connectivity index (χ3n) is 8.25. The summed E-state index contributed by atoms with van der Waals surface area (Å²) in [4.78, 5) is 8.96. The second-order valence-electron chi connectivity index (χ2n) is 12.8. The van der Waals surface area contributed by atoms with E-state index in [-0.39, 0.29) is 23.8 Å². The number of halogens is 3. The number of nitrogens with zero attached hydrogens (tertiary/aromatic N) is 5. The van der Waals surface area contributed by atoms with Crippen molar-refractivity contribution in [2.24, 2.45) is 5.41 Å². The Kier molecular flexibility index (Phi) is 7.21. The second-order valence-corrected chi connectivity index (χ2v) is 12.8. The van der Waals surface area contributed by atoms with Gasteiger partial charge in [0.1, 0.15) is 12.1 Å². The van der Waals surface area contributed by atoms with Crippen LogP contribution in [-0.2, 0) is 0 Å². The average molecular weight is 612 g/mol. The van der Waals surface area contributed by atoms with Gasteiger partial charge in [0.25, 0.3) is 0 Å². The topological polar surface area (TPSA) is 125 Å². The molecule has 2 aromatic carbocycles. The van der Waals surface area contributed by atoms with Crippen molar-refractivity contribution >= 4 is 33.2 Å². The van der Waals surface area contributed by atoms with Crippen LogP contribution in [0.3, 0.4) is 0 Å². The Hall–Kier alpha value is -5.07. The monoisotopic (exact) mass is 611 g/mol. The Balaban J connectivity index is 1.51. The number of rotatable bonds is 7.